The summed E-state index contributed by atoms with van der Waals surface area (Å²) in [5.74, 6) is -1.32. The predicted molar refractivity (Wildman–Crippen MR) is 70.7 cm³/mol. The average molecular weight is 363 g/mol. The van der Waals surface area contributed by atoms with E-state index in [1.165, 1.54) is 18.5 Å². The molecule has 1 aromatic carbocycles. The van der Waals surface area contributed by atoms with Gasteiger partial charge >= 0.3 is 0 Å². The molecule has 1 aromatic heterocycles. The Bertz CT molecular complexity index is 727. The Balaban J connectivity index is 2.47. The predicted octanol–water partition coefficient (Wildman–Crippen LogP) is 1.07. The van der Waals surface area contributed by atoms with Crippen LogP contribution >= 0.6 is 15.9 Å². The molecule has 10 heteroatoms. The normalized spacial score (nSPS) is 11.3. The molecule has 1 heterocycles. The largest absolute Gasteiger partial charge is 0.392 e. The fraction of sp³-hybridized carbons (Fsp3) is 0.100. The van der Waals surface area contributed by atoms with E-state index in [1.54, 1.807) is 0 Å². The molecule has 0 unspecified atom stereocenters. The number of aliphatic hydroxyl groups is 1. The van der Waals surface area contributed by atoms with Crippen molar-refractivity contribution in [1.82, 2.24) is 15.2 Å². The first-order valence-corrected chi connectivity index (χ1v) is 7.47. The monoisotopic (exact) mass is 362 g/mol. The lowest BCUT2D eigenvalue weighted by atomic mass is 10.2. The molecule has 20 heavy (non-hydrogen) atoms. The lowest BCUT2D eigenvalue weighted by molar-refractivity contribution is 0.274. The van der Waals surface area contributed by atoms with Gasteiger partial charge in [-0.05, 0) is 12.1 Å². The molecule has 2 aromatic rings. The van der Waals surface area contributed by atoms with Gasteiger partial charge in [0.1, 0.15) is 10.7 Å². The summed E-state index contributed by atoms with van der Waals surface area (Å²) >= 11 is 3.05. The molecular formula is C10H8BrFN4O3S. The number of halogens is 2. The van der Waals surface area contributed by atoms with Crippen molar-refractivity contribution in [2.75, 3.05) is 4.72 Å². The Hall–Kier alpha value is -1.65. The zero-order chi connectivity index (χ0) is 14.8. The van der Waals surface area contributed by atoms with E-state index in [2.05, 4.69) is 31.1 Å². The van der Waals surface area contributed by atoms with E-state index in [9.17, 15) is 12.8 Å². The second kappa shape index (κ2) is 5.77. The molecule has 0 fully saturated rings. The fourth-order valence-electron chi connectivity index (χ4n) is 1.40. The number of aliphatic hydroxyl groups excluding tert-OH is 1. The number of aromatic nitrogens is 3. The fourth-order valence-corrected chi connectivity index (χ4v) is 3.15. The second-order valence-electron chi connectivity index (χ2n) is 3.61. The summed E-state index contributed by atoms with van der Waals surface area (Å²) in [4.78, 5) is 3.01. The van der Waals surface area contributed by atoms with Crippen LogP contribution in [-0.2, 0) is 16.6 Å². The van der Waals surface area contributed by atoms with Gasteiger partial charge in [-0.15, -0.1) is 5.10 Å². The van der Waals surface area contributed by atoms with Crippen LogP contribution in [0, 0.1) is 5.82 Å². The van der Waals surface area contributed by atoms with Crippen molar-refractivity contribution in [2.24, 2.45) is 0 Å². The van der Waals surface area contributed by atoms with E-state index < -0.39 is 27.3 Å². The van der Waals surface area contributed by atoms with Crippen LogP contribution in [0.15, 0.2) is 33.9 Å². The summed E-state index contributed by atoms with van der Waals surface area (Å²) in [6.07, 6.45) is 2.50. The number of benzene rings is 1. The SMILES string of the molecule is O=S(=O)(Nc1nccnn1)c1cc(Br)cc(CO)c1F. The molecule has 0 spiro atoms. The van der Waals surface area contributed by atoms with Crippen LogP contribution in [0.2, 0.25) is 0 Å². The number of sulfonamides is 1. The van der Waals surface area contributed by atoms with Crippen LogP contribution in [0.5, 0.6) is 0 Å². The molecule has 0 aliphatic carbocycles. The van der Waals surface area contributed by atoms with Gasteiger partial charge in [0.25, 0.3) is 16.0 Å². The lowest BCUT2D eigenvalue weighted by Crippen LogP contribution is -2.17. The van der Waals surface area contributed by atoms with Crippen LogP contribution in [-0.4, -0.2) is 28.7 Å². The maximum absolute atomic E-state index is 14.0. The van der Waals surface area contributed by atoms with Gasteiger partial charge in [0.15, 0.2) is 0 Å². The van der Waals surface area contributed by atoms with E-state index >= 15 is 0 Å². The maximum Gasteiger partial charge on any atom is 0.267 e. The third kappa shape index (κ3) is 3.08. The van der Waals surface area contributed by atoms with Crippen molar-refractivity contribution < 1.29 is 17.9 Å². The van der Waals surface area contributed by atoms with Gasteiger partial charge in [-0.1, -0.05) is 15.9 Å². The van der Waals surface area contributed by atoms with E-state index in [0.717, 1.165) is 6.07 Å². The zero-order valence-electron chi connectivity index (χ0n) is 9.79. The zero-order valence-corrected chi connectivity index (χ0v) is 12.2. The molecule has 0 saturated carbocycles. The highest BCUT2D eigenvalue weighted by atomic mass is 79.9. The molecule has 0 atom stereocenters. The van der Waals surface area contributed by atoms with E-state index in [1.807, 2.05) is 4.72 Å². The molecule has 0 radical (unpaired) electrons. The van der Waals surface area contributed by atoms with Crippen molar-refractivity contribution in [3.63, 3.8) is 0 Å². The van der Waals surface area contributed by atoms with Gasteiger partial charge in [0, 0.05) is 10.0 Å². The smallest absolute Gasteiger partial charge is 0.267 e. The first kappa shape index (κ1) is 14.8. The van der Waals surface area contributed by atoms with Crippen LogP contribution < -0.4 is 4.72 Å². The Morgan fingerprint density at radius 3 is 2.70 bits per heavy atom. The first-order valence-electron chi connectivity index (χ1n) is 5.19. The number of hydrogen-bond donors (Lipinski definition) is 2. The maximum atomic E-state index is 14.0. The van der Waals surface area contributed by atoms with E-state index in [4.69, 9.17) is 5.11 Å². The molecule has 0 aliphatic rings. The number of nitrogens with one attached hydrogen (secondary N) is 1. The minimum Gasteiger partial charge on any atom is -0.392 e. The van der Waals surface area contributed by atoms with E-state index in [0.29, 0.717) is 4.47 Å². The van der Waals surface area contributed by atoms with E-state index in [-0.39, 0.29) is 11.5 Å². The highest BCUT2D eigenvalue weighted by Crippen LogP contribution is 2.25. The van der Waals surface area contributed by atoms with Crippen molar-refractivity contribution in [3.8, 4) is 0 Å². The van der Waals surface area contributed by atoms with Crippen molar-refractivity contribution in [1.29, 1.82) is 0 Å². The van der Waals surface area contributed by atoms with Gasteiger partial charge in [-0.2, -0.15) is 5.10 Å². The molecule has 106 valence electrons. The van der Waals surface area contributed by atoms with Crippen LogP contribution in [0.4, 0.5) is 10.3 Å². The molecular weight excluding hydrogens is 355 g/mol. The second-order valence-corrected chi connectivity index (χ2v) is 6.17. The third-order valence-corrected chi connectivity index (χ3v) is 4.03. The van der Waals surface area contributed by atoms with Crippen molar-refractivity contribution in [3.05, 3.63) is 40.4 Å². The Morgan fingerprint density at radius 1 is 1.35 bits per heavy atom. The van der Waals surface area contributed by atoms with Crippen molar-refractivity contribution in [2.45, 2.75) is 11.5 Å². The molecule has 0 bridgehead atoms. The van der Waals surface area contributed by atoms with Gasteiger partial charge in [0.05, 0.1) is 19.0 Å². The van der Waals surface area contributed by atoms with Gasteiger partial charge in [-0.3, -0.25) is 0 Å². The minimum absolute atomic E-state index is 0.146. The topological polar surface area (TPSA) is 105 Å². The van der Waals surface area contributed by atoms with Crippen LogP contribution in [0.1, 0.15) is 5.56 Å². The average Bonchev–Trinajstić information content (AvgIpc) is 2.41. The first-order chi connectivity index (χ1) is 9.44. The number of rotatable bonds is 4. The highest BCUT2D eigenvalue weighted by Gasteiger charge is 2.23. The Labute approximate surface area is 122 Å². The molecule has 2 rings (SSSR count). The number of hydrogen-bond acceptors (Lipinski definition) is 6. The molecule has 0 aliphatic heterocycles. The van der Waals surface area contributed by atoms with Gasteiger partial charge < -0.3 is 5.11 Å². The minimum atomic E-state index is -4.23. The third-order valence-electron chi connectivity index (χ3n) is 2.25. The summed E-state index contributed by atoms with van der Waals surface area (Å²) in [5, 5.41) is 15.9. The summed E-state index contributed by atoms with van der Waals surface area (Å²) in [6.45, 7) is -0.628. The Kier molecular flexibility index (Phi) is 4.26. The summed E-state index contributed by atoms with van der Waals surface area (Å²) < 4.78 is 40.5. The summed E-state index contributed by atoms with van der Waals surface area (Å²) in [5.41, 5.74) is -0.146. The summed E-state index contributed by atoms with van der Waals surface area (Å²) in [7, 11) is -4.23. The molecule has 0 saturated heterocycles. The molecule has 0 amide bonds. The van der Waals surface area contributed by atoms with Crippen molar-refractivity contribution >= 4 is 31.9 Å². The standard InChI is InChI=1S/C10H8BrFN4O3S/c11-7-3-6(5-17)9(12)8(4-7)20(18,19)16-10-13-1-2-14-15-10/h1-4,17H,5H2,(H,13,15,16). The lowest BCUT2D eigenvalue weighted by Gasteiger charge is -2.09. The quantitative estimate of drug-likeness (QED) is 0.842. The molecule has 2 N–H and O–H groups in total. The highest BCUT2D eigenvalue weighted by molar-refractivity contribution is 9.10. The number of anilines is 1. The van der Waals surface area contributed by atoms with Gasteiger partial charge in [0.2, 0.25) is 0 Å². The van der Waals surface area contributed by atoms with Gasteiger partial charge in [-0.25, -0.2) is 22.5 Å². The molecule has 7 nitrogen and oxygen atoms in total. The summed E-state index contributed by atoms with van der Waals surface area (Å²) in [6, 6.07) is 2.36. The van der Waals surface area contributed by atoms with Crippen LogP contribution in [0.3, 0.4) is 0 Å². The Morgan fingerprint density at radius 2 is 2.10 bits per heavy atom. The number of nitrogens with zero attached hydrogens (tertiary/aromatic N) is 3. The van der Waals surface area contributed by atoms with Crippen LogP contribution in [0.25, 0.3) is 0 Å².